The molecule has 0 bridgehead atoms. The van der Waals surface area contributed by atoms with Crippen molar-refractivity contribution in [2.75, 3.05) is 18.1 Å². The Bertz CT molecular complexity index is 580. The van der Waals surface area contributed by atoms with Gasteiger partial charge < -0.3 is 5.32 Å². The van der Waals surface area contributed by atoms with Gasteiger partial charge in [-0.05, 0) is 44.6 Å². The largest absolute Gasteiger partial charge is 0.314 e. The molecule has 2 unspecified atom stereocenters. The summed E-state index contributed by atoms with van der Waals surface area (Å²) in [5, 5.41) is 7.78. The minimum atomic E-state index is -2.83. The van der Waals surface area contributed by atoms with Crippen LogP contribution in [0.15, 0.2) is 6.33 Å². The molecule has 1 saturated carbocycles. The van der Waals surface area contributed by atoms with E-state index in [1.807, 2.05) is 4.68 Å². The average Bonchev–Trinajstić information content (AvgIpc) is 3.05. The van der Waals surface area contributed by atoms with Crippen molar-refractivity contribution in [1.82, 2.24) is 20.1 Å². The maximum atomic E-state index is 11.8. The molecule has 0 spiro atoms. The number of sulfone groups is 1. The third-order valence-electron chi connectivity index (χ3n) is 4.62. The van der Waals surface area contributed by atoms with Crippen LogP contribution in [0.5, 0.6) is 0 Å². The molecule has 2 aliphatic rings. The van der Waals surface area contributed by atoms with Gasteiger partial charge in [-0.15, -0.1) is 0 Å². The molecular formula is C14H24N4O2S. The SMILES string of the molecule is CCn1ncnc1CC(CNC1CC1)C1CCS(=O)(=O)C1. The molecule has 7 heteroatoms. The van der Waals surface area contributed by atoms with Gasteiger partial charge in [-0.3, -0.25) is 4.68 Å². The Hall–Kier alpha value is -0.950. The second-order valence-corrected chi connectivity index (χ2v) is 8.53. The van der Waals surface area contributed by atoms with E-state index in [1.54, 1.807) is 6.33 Å². The molecular weight excluding hydrogens is 288 g/mol. The first-order valence-electron chi connectivity index (χ1n) is 7.88. The molecule has 0 amide bonds. The Morgan fingerprint density at radius 3 is 2.86 bits per heavy atom. The van der Waals surface area contributed by atoms with E-state index in [4.69, 9.17) is 0 Å². The number of nitrogens with one attached hydrogen (secondary N) is 1. The molecule has 1 aliphatic heterocycles. The zero-order valence-electron chi connectivity index (χ0n) is 12.5. The fourth-order valence-corrected chi connectivity index (χ4v) is 5.07. The molecule has 0 radical (unpaired) electrons. The lowest BCUT2D eigenvalue weighted by molar-refractivity contribution is 0.332. The molecule has 2 atom stereocenters. The zero-order chi connectivity index (χ0) is 14.9. The van der Waals surface area contributed by atoms with Crippen LogP contribution in [0.2, 0.25) is 0 Å². The van der Waals surface area contributed by atoms with Gasteiger partial charge in [0.1, 0.15) is 12.2 Å². The standard InChI is InChI=1S/C14H24N4O2S/c1-2-18-14(16-10-17-18)7-12(8-15-13-3-4-13)11-5-6-21(19,20)9-11/h10-13,15H,2-9H2,1H3. The van der Waals surface area contributed by atoms with Gasteiger partial charge in [-0.2, -0.15) is 5.10 Å². The van der Waals surface area contributed by atoms with Crippen LogP contribution in [0, 0.1) is 11.8 Å². The highest BCUT2D eigenvalue weighted by molar-refractivity contribution is 7.91. The van der Waals surface area contributed by atoms with E-state index < -0.39 is 9.84 Å². The Balaban J connectivity index is 1.69. The second-order valence-electron chi connectivity index (χ2n) is 6.30. The van der Waals surface area contributed by atoms with E-state index in [0.717, 1.165) is 31.8 Å². The van der Waals surface area contributed by atoms with E-state index in [2.05, 4.69) is 22.3 Å². The van der Waals surface area contributed by atoms with Gasteiger partial charge in [0.05, 0.1) is 11.5 Å². The number of aryl methyl sites for hydroxylation is 1. The summed E-state index contributed by atoms with van der Waals surface area (Å²) < 4.78 is 25.4. The second kappa shape index (κ2) is 6.04. The first-order chi connectivity index (χ1) is 10.1. The van der Waals surface area contributed by atoms with Gasteiger partial charge in [0, 0.05) is 19.0 Å². The number of hydrogen-bond acceptors (Lipinski definition) is 5. The lowest BCUT2D eigenvalue weighted by Crippen LogP contribution is -2.32. The molecule has 118 valence electrons. The minimum absolute atomic E-state index is 0.253. The van der Waals surface area contributed by atoms with Crippen LogP contribution in [0.1, 0.15) is 32.0 Å². The summed E-state index contributed by atoms with van der Waals surface area (Å²) in [6.07, 6.45) is 5.70. The van der Waals surface area contributed by atoms with E-state index >= 15 is 0 Å². The van der Waals surface area contributed by atoms with Crippen LogP contribution in [0.25, 0.3) is 0 Å². The van der Waals surface area contributed by atoms with Gasteiger partial charge in [-0.1, -0.05) is 0 Å². The highest BCUT2D eigenvalue weighted by atomic mass is 32.2. The van der Waals surface area contributed by atoms with E-state index in [1.165, 1.54) is 12.8 Å². The Labute approximate surface area is 126 Å². The first-order valence-corrected chi connectivity index (χ1v) is 9.70. The van der Waals surface area contributed by atoms with Crippen molar-refractivity contribution in [3.8, 4) is 0 Å². The molecule has 1 N–H and O–H groups in total. The Morgan fingerprint density at radius 1 is 1.43 bits per heavy atom. The van der Waals surface area contributed by atoms with Gasteiger partial charge in [0.15, 0.2) is 9.84 Å². The zero-order valence-corrected chi connectivity index (χ0v) is 13.3. The van der Waals surface area contributed by atoms with Crippen LogP contribution in [0.3, 0.4) is 0 Å². The first kappa shape index (κ1) is 15.0. The molecule has 3 rings (SSSR count). The molecule has 21 heavy (non-hydrogen) atoms. The fourth-order valence-electron chi connectivity index (χ4n) is 3.15. The summed E-state index contributed by atoms with van der Waals surface area (Å²) >= 11 is 0. The van der Waals surface area contributed by atoms with Crippen molar-refractivity contribution in [2.24, 2.45) is 11.8 Å². The minimum Gasteiger partial charge on any atom is -0.314 e. The molecule has 6 nitrogen and oxygen atoms in total. The van der Waals surface area contributed by atoms with E-state index in [-0.39, 0.29) is 5.92 Å². The van der Waals surface area contributed by atoms with Crippen molar-refractivity contribution in [1.29, 1.82) is 0 Å². The number of hydrogen-bond donors (Lipinski definition) is 1. The normalized spacial score (nSPS) is 26.0. The Morgan fingerprint density at radius 2 is 2.24 bits per heavy atom. The van der Waals surface area contributed by atoms with Crippen molar-refractivity contribution >= 4 is 9.84 Å². The highest BCUT2D eigenvalue weighted by Gasteiger charge is 2.35. The number of aromatic nitrogens is 3. The molecule has 2 fully saturated rings. The van der Waals surface area contributed by atoms with Crippen molar-refractivity contribution in [3.05, 3.63) is 12.2 Å². The summed E-state index contributed by atoms with van der Waals surface area (Å²) in [5.74, 6) is 2.24. The lowest BCUT2D eigenvalue weighted by atomic mass is 9.88. The molecule has 2 heterocycles. The van der Waals surface area contributed by atoms with Gasteiger partial charge in [-0.25, -0.2) is 13.4 Å². The van der Waals surface area contributed by atoms with Crippen LogP contribution < -0.4 is 5.32 Å². The summed E-state index contributed by atoms with van der Waals surface area (Å²) in [7, 11) is -2.83. The van der Waals surface area contributed by atoms with E-state index in [9.17, 15) is 8.42 Å². The molecule has 1 aromatic heterocycles. The summed E-state index contributed by atoms with van der Waals surface area (Å²) in [5.41, 5.74) is 0. The van der Waals surface area contributed by atoms with Crippen molar-refractivity contribution in [3.63, 3.8) is 0 Å². The van der Waals surface area contributed by atoms with Gasteiger partial charge in [0.2, 0.25) is 0 Å². The molecule has 0 aromatic carbocycles. The molecule has 1 aliphatic carbocycles. The fraction of sp³-hybridized carbons (Fsp3) is 0.857. The summed E-state index contributed by atoms with van der Waals surface area (Å²) in [6, 6.07) is 0.648. The predicted molar refractivity (Wildman–Crippen MR) is 80.7 cm³/mol. The summed E-state index contributed by atoms with van der Waals surface area (Å²) in [4.78, 5) is 4.35. The topological polar surface area (TPSA) is 76.9 Å². The average molecular weight is 312 g/mol. The summed E-state index contributed by atoms with van der Waals surface area (Å²) in [6.45, 7) is 3.75. The monoisotopic (exact) mass is 312 g/mol. The van der Waals surface area contributed by atoms with E-state index in [0.29, 0.717) is 23.5 Å². The van der Waals surface area contributed by atoms with Crippen molar-refractivity contribution < 1.29 is 8.42 Å². The van der Waals surface area contributed by atoms with Gasteiger partial charge >= 0.3 is 0 Å². The van der Waals surface area contributed by atoms with Gasteiger partial charge in [0.25, 0.3) is 0 Å². The maximum absolute atomic E-state index is 11.8. The third kappa shape index (κ3) is 3.83. The van der Waals surface area contributed by atoms with Crippen molar-refractivity contribution in [2.45, 2.75) is 45.2 Å². The smallest absolute Gasteiger partial charge is 0.150 e. The Kier molecular flexibility index (Phi) is 4.31. The predicted octanol–water partition coefficient (Wildman–Crippen LogP) is 0.643. The molecule has 1 aromatic rings. The number of nitrogens with zero attached hydrogens (tertiary/aromatic N) is 3. The third-order valence-corrected chi connectivity index (χ3v) is 6.41. The van der Waals surface area contributed by atoms with Crippen LogP contribution in [-0.2, 0) is 22.8 Å². The highest BCUT2D eigenvalue weighted by Crippen LogP contribution is 2.29. The van der Waals surface area contributed by atoms with Crippen LogP contribution in [0.4, 0.5) is 0 Å². The van der Waals surface area contributed by atoms with Crippen LogP contribution in [-0.4, -0.2) is 47.3 Å². The maximum Gasteiger partial charge on any atom is 0.150 e. The number of rotatable bonds is 7. The molecule has 1 saturated heterocycles. The van der Waals surface area contributed by atoms with Crippen LogP contribution >= 0.6 is 0 Å². The quantitative estimate of drug-likeness (QED) is 0.799. The lowest BCUT2D eigenvalue weighted by Gasteiger charge is -2.23.